The first-order valence-electron chi connectivity index (χ1n) is 9.47. The third kappa shape index (κ3) is 2.91. The average Bonchev–Trinajstić information content (AvgIpc) is 3.09. The predicted octanol–water partition coefficient (Wildman–Crippen LogP) is 4.81. The fraction of sp³-hybridized carbons (Fsp3) is 0.348. The lowest BCUT2D eigenvalue weighted by Crippen LogP contribution is -2.18. The first-order chi connectivity index (χ1) is 13.1. The monoisotopic (exact) mass is 375 g/mol. The Morgan fingerprint density at radius 2 is 1.68 bits per heavy atom. The summed E-state index contributed by atoms with van der Waals surface area (Å²) >= 11 is 0. The highest BCUT2D eigenvalue weighted by Gasteiger charge is 2.44. The number of hydrogen-bond acceptors (Lipinski definition) is 3. The minimum Gasteiger partial charge on any atom is -0.478 e. The fourth-order valence-corrected chi connectivity index (χ4v) is 4.53. The minimum atomic E-state index is -0.917. The van der Waals surface area contributed by atoms with Crippen molar-refractivity contribution in [2.24, 2.45) is 7.05 Å². The van der Waals surface area contributed by atoms with Crippen LogP contribution in [0.15, 0.2) is 42.7 Å². The lowest BCUT2D eigenvalue weighted by molar-refractivity contribution is 0.0697. The second-order valence-electron chi connectivity index (χ2n) is 9.00. The van der Waals surface area contributed by atoms with Gasteiger partial charge in [-0.15, -0.1) is 0 Å². The number of hydrogen-bond donors (Lipinski definition) is 1. The highest BCUT2D eigenvalue weighted by molar-refractivity contribution is 5.88. The molecule has 144 valence electrons. The maximum Gasteiger partial charge on any atom is 0.335 e. The Bertz CT molecular complexity index is 1080. The third-order valence-electron chi connectivity index (χ3n) is 5.67. The normalized spacial score (nSPS) is 16.8. The molecule has 1 aliphatic carbocycles. The molecule has 1 aliphatic rings. The Morgan fingerprint density at radius 1 is 1.04 bits per heavy atom. The van der Waals surface area contributed by atoms with Crippen LogP contribution in [0.4, 0.5) is 0 Å². The van der Waals surface area contributed by atoms with Gasteiger partial charge in [-0.25, -0.2) is 9.78 Å². The minimum absolute atomic E-state index is 0.00248. The molecule has 0 unspecified atom stereocenters. The maximum absolute atomic E-state index is 11.1. The van der Waals surface area contributed by atoms with Crippen LogP contribution in [0.5, 0.6) is 0 Å². The van der Waals surface area contributed by atoms with Gasteiger partial charge in [0.1, 0.15) is 5.69 Å². The molecule has 0 radical (unpaired) electrons. The molecule has 2 heterocycles. The number of rotatable bonds is 3. The van der Waals surface area contributed by atoms with Crippen LogP contribution < -0.4 is 0 Å². The quantitative estimate of drug-likeness (QED) is 0.713. The van der Waals surface area contributed by atoms with Crippen LogP contribution in [-0.2, 0) is 17.9 Å². The van der Waals surface area contributed by atoms with Crippen molar-refractivity contribution < 1.29 is 9.90 Å². The van der Waals surface area contributed by atoms with Crippen LogP contribution in [0, 0.1) is 0 Å². The van der Waals surface area contributed by atoms with Crippen molar-refractivity contribution >= 4 is 5.97 Å². The summed E-state index contributed by atoms with van der Waals surface area (Å²) in [5.74, 6) is -0.917. The van der Waals surface area contributed by atoms with Crippen molar-refractivity contribution in [1.82, 2.24) is 14.5 Å². The zero-order chi connectivity index (χ0) is 20.3. The number of aromatic carboxylic acids is 1. The van der Waals surface area contributed by atoms with E-state index in [1.54, 1.807) is 12.1 Å². The van der Waals surface area contributed by atoms with E-state index in [4.69, 9.17) is 15.1 Å². The third-order valence-corrected chi connectivity index (χ3v) is 5.67. The molecule has 0 atom stereocenters. The molecule has 3 aromatic rings. The SMILES string of the molecule is Cn1cc(-c2ccc(C(=O)O)cc2)cc1-c1cnc2c(n1)C(C)(C)CC2(C)C. The molecule has 0 saturated heterocycles. The van der Waals surface area contributed by atoms with Gasteiger partial charge in [0, 0.05) is 29.6 Å². The van der Waals surface area contributed by atoms with Crippen LogP contribution in [0.1, 0.15) is 55.9 Å². The molecule has 5 nitrogen and oxygen atoms in total. The van der Waals surface area contributed by atoms with Gasteiger partial charge in [0.15, 0.2) is 0 Å². The first-order valence-corrected chi connectivity index (χ1v) is 9.47. The molecule has 0 spiro atoms. The number of benzene rings is 1. The Labute approximate surface area is 165 Å². The van der Waals surface area contributed by atoms with Crippen molar-refractivity contribution in [2.45, 2.75) is 44.9 Å². The lowest BCUT2D eigenvalue weighted by Gasteiger charge is -2.21. The predicted molar refractivity (Wildman–Crippen MR) is 110 cm³/mol. The largest absolute Gasteiger partial charge is 0.478 e. The van der Waals surface area contributed by atoms with Gasteiger partial charge >= 0.3 is 5.97 Å². The molecule has 2 aromatic heterocycles. The number of aryl methyl sites for hydroxylation is 1. The van der Waals surface area contributed by atoms with Gasteiger partial charge in [0.25, 0.3) is 0 Å². The summed E-state index contributed by atoms with van der Waals surface area (Å²) in [4.78, 5) is 20.9. The van der Waals surface area contributed by atoms with E-state index < -0.39 is 5.97 Å². The highest BCUT2D eigenvalue weighted by atomic mass is 16.4. The van der Waals surface area contributed by atoms with E-state index >= 15 is 0 Å². The molecule has 4 rings (SSSR count). The van der Waals surface area contributed by atoms with E-state index in [2.05, 4.69) is 33.8 Å². The van der Waals surface area contributed by atoms with Crippen molar-refractivity contribution in [3.8, 4) is 22.5 Å². The number of carboxylic acid groups (broad SMARTS) is 1. The molecule has 1 aromatic carbocycles. The second-order valence-corrected chi connectivity index (χ2v) is 9.00. The van der Waals surface area contributed by atoms with E-state index in [1.807, 2.05) is 36.1 Å². The van der Waals surface area contributed by atoms with Crippen molar-refractivity contribution in [2.75, 3.05) is 0 Å². The van der Waals surface area contributed by atoms with E-state index in [0.717, 1.165) is 40.3 Å². The average molecular weight is 375 g/mol. The highest BCUT2D eigenvalue weighted by Crippen LogP contribution is 2.47. The van der Waals surface area contributed by atoms with Gasteiger partial charge in [-0.05, 0) is 30.2 Å². The second kappa shape index (κ2) is 6.03. The van der Waals surface area contributed by atoms with Gasteiger partial charge in [-0.3, -0.25) is 4.98 Å². The van der Waals surface area contributed by atoms with Crippen LogP contribution in [0.3, 0.4) is 0 Å². The van der Waals surface area contributed by atoms with Gasteiger partial charge < -0.3 is 9.67 Å². The van der Waals surface area contributed by atoms with Crippen LogP contribution in [0.25, 0.3) is 22.5 Å². The molecule has 0 aliphatic heterocycles. The van der Waals surface area contributed by atoms with Crippen molar-refractivity contribution in [3.05, 3.63) is 59.7 Å². The van der Waals surface area contributed by atoms with Crippen LogP contribution in [-0.4, -0.2) is 25.6 Å². The van der Waals surface area contributed by atoms with Gasteiger partial charge in [-0.1, -0.05) is 39.8 Å². The lowest BCUT2D eigenvalue weighted by atomic mass is 9.83. The van der Waals surface area contributed by atoms with Gasteiger partial charge in [0.2, 0.25) is 0 Å². The summed E-state index contributed by atoms with van der Waals surface area (Å²) in [6.45, 7) is 8.94. The van der Waals surface area contributed by atoms with E-state index in [-0.39, 0.29) is 16.4 Å². The summed E-state index contributed by atoms with van der Waals surface area (Å²) in [6, 6.07) is 9.01. The summed E-state index contributed by atoms with van der Waals surface area (Å²) in [5.41, 5.74) is 6.36. The van der Waals surface area contributed by atoms with E-state index in [1.165, 1.54) is 0 Å². The summed E-state index contributed by atoms with van der Waals surface area (Å²) in [7, 11) is 1.99. The molecule has 1 N–H and O–H groups in total. The van der Waals surface area contributed by atoms with Gasteiger partial charge in [0.05, 0.1) is 28.8 Å². The fourth-order valence-electron chi connectivity index (χ4n) is 4.53. The molecule has 0 bridgehead atoms. The first kappa shape index (κ1) is 18.4. The zero-order valence-corrected chi connectivity index (χ0v) is 16.9. The Balaban J connectivity index is 1.75. The Hall–Kier alpha value is -2.95. The number of aromatic nitrogens is 3. The summed E-state index contributed by atoms with van der Waals surface area (Å²) in [5, 5.41) is 9.08. The number of carboxylic acids is 1. The summed E-state index contributed by atoms with van der Waals surface area (Å²) < 4.78 is 2.05. The standard InChI is InChI=1S/C23H25N3O2/c1-22(2)13-23(3,4)20-19(22)24-11-17(25-20)18-10-16(12-26(18)5)14-6-8-15(9-7-14)21(27)28/h6-12H,13H2,1-5H3,(H,27,28). The van der Waals surface area contributed by atoms with Gasteiger partial charge in [-0.2, -0.15) is 0 Å². The molecule has 0 amide bonds. The van der Waals surface area contributed by atoms with Crippen molar-refractivity contribution in [1.29, 1.82) is 0 Å². The molecule has 28 heavy (non-hydrogen) atoms. The number of nitrogens with zero attached hydrogens (tertiary/aromatic N) is 3. The summed E-state index contributed by atoms with van der Waals surface area (Å²) in [6.07, 6.45) is 4.94. The molecular formula is C23H25N3O2. The Morgan fingerprint density at radius 3 is 2.32 bits per heavy atom. The van der Waals surface area contributed by atoms with E-state index in [0.29, 0.717) is 0 Å². The molecule has 0 saturated carbocycles. The molecular weight excluding hydrogens is 350 g/mol. The van der Waals surface area contributed by atoms with E-state index in [9.17, 15) is 4.79 Å². The zero-order valence-electron chi connectivity index (χ0n) is 16.9. The van der Waals surface area contributed by atoms with Crippen molar-refractivity contribution in [3.63, 3.8) is 0 Å². The topological polar surface area (TPSA) is 68.0 Å². The Kier molecular flexibility index (Phi) is 3.96. The molecule has 5 heteroatoms. The molecule has 0 fully saturated rings. The van der Waals surface area contributed by atoms with Crippen LogP contribution in [0.2, 0.25) is 0 Å². The number of fused-ring (bicyclic) bond motifs is 1. The van der Waals surface area contributed by atoms with Crippen LogP contribution >= 0.6 is 0 Å². The smallest absolute Gasteiger partial charge is 0.335 e. The maximum atomic E-state index is 11.1. The number of carbonyl (C=O) groups is 1.